The van der Waals surface area contributed by atoms with E-state index in [1.165, 1.54) is 36.8 Å². The summed E-state index contributed by atoms with van der Waals surface area (Å²) < 4.78 is 0. The first-order valence-electron chi connectivity index (χ1n) is 6.74. The summed E-state index contributed by atoms with van der Waals surface area (Å²) in [6.07, 6.45) is 16.6. The Morgan fingerprint density at radius 1 is 1.33 bits per heavy atom. The molecule has 0 spiro atoms. The second kappa shape index (κ2) is 4.96. The van der Waals surface area contributed by atoms with E-state index >= 15 is 0 Å². The van der Waals surface area contributed by atoms with Gasteiger partial charge in [0.1, 0.15) is 0 Å². The average molecular weight is 238 g/mol. The lowest BCUT2D eigenvalue weighted by Crippen LogP contribution is -2.43. The summed E-state index contributed by atoms with van der Waals surface area (Å²) in [6, 6.07) is 2.58. The van der Waals surface area contributed by atoms with Crippen LogP contribution < -0.4 is 5.32 Å². The van der Waals surface area contributed by atoms with Crippen molar-refractivity contribution in [3.8, 4) is 12.3 Å². The molecule has 1 aliphatic carbocycles. The topological polar surface area (TPSA) is 24.9 Å². The van der Waals surface area contributed by atoms with Crippen molar-refractivity contribution >= 4 is 5.57 Å². The zero-order valence-corrected chi connectivity index (χ0v) is 10.5. The van der Waals surface area contributed by atoms with Crippen molar-refractivity contribution < 1.29 is 0 Å². The Labute approximate surface area is 109 Å². The van der Waals surface area contributed by atoms with Gasteiger partial charge < -0.3 is 5.32 Å². The number of piperidine rings is 1. The molecule has 1 aliphatic heterocycles. The van der Waals surface area contributed by atoms with Crippen LogP contribution >= 0.6 is 0 Å². The maximum atomic E-state index is 5.45. The van der Waals surface area contributed by atoms with Gasteiger partial charge in [-0.1, -0.05) is 12.0 Å². The Morgan fingerprint density at radius 3 is 3.17 bits per heavy atom. The van der Waals surface area contributed by atoms with Gasteiger partial charge in [-0.15, -0.1) is 6.42 Å². The fourth-order valence-electron chi connectivity index (χ4n) is 3.18. The van der Waals surface area contributed by atoms with Crippen LogP contribution in [0.1, 0.15) is 36.8 Å². The van der Waals surface area contributed by atoms with E-state index in [0.29, 0.717) is 6.04 Å². The molecule has 0 saturated carbocycles. The highest BCUT2D eigenvalue weighted by molar-refractivity contribution is 5.71. The van der Waals surface area contributed by atoms with Crippen molar-refractivity contribution in [1.29, 1.82) is 0 Å². The molecule has 2 nitrogen and oxygen atoms in total. The Bertz CT molecular complexity index is 510. The monoisotopic (exact) mass is 238 g/mol. The number of pyridine rings is 1. The highest BCUT2D eigenvalue weighted by atomic mass is 14.9. The lowest BCUT2D eigenvalue weighted by molar-refractivity contribution is 0.304. The summed E-state index contributed by atoms with van der Waals surface area (Å²) in [5.74, 6) is 3.45. The van der Waals surface area contributed by atoms with E-state index in [0.717, 1.165) is 18.0 Å². The van der Waals surface area contributed by atoms with Crippen molar-refractivity contribution in [2.45, 2.75) is 31.7 Å². The molecule has 0 amide bonds. The van der Waals surface area contributed by atoms with E-state index in [-0.39, 0.29) is 0 Å². The number of allylic oxidation sites excluding steroid dienone is 1. The minimum absolute atomic E-state index is 0.502. The number of nitrogens with one attached hydrogen (secondary N) is 1. The molecule has 0 bridgehead atoms. The van der Waals surface area contributed by atoms with Gasteiger partial charge >= 0.3 is 0 Å². The largest absolute Gasteiger partial charge is 0.310 e. The molecule has 1 aromatic rings. The second-order valence-electron chi connectivity index (χ2n) is 5.18. The fraction of sp³-hybridized carbons (Fsp3) is 0.438. The molecule has 3 rings (SSSR count). The molecule has 2 heterocycles. The molecule has 2 atom stereocenters. The summed E-state index contributed by atoms with van der Waals surface area (Å²) in [4.78, 5) is 4.26. The van der Waals surface area contributed by atoms with Gasteiger partial charge in [0.2, 0.25) is 0 Å². The summed E-state index contributed by atoms with van der Waals surface area (Å²) in [6.45, 7) is 1.13. The van der Waals surface area contributed by atoms with E-state index in [9.17, 15) is 0 Å². The Balaban J connectivity index is 1.94. The third-order valence-corrected chi connectivity index (χ3v) is 4.06. The van der Waals surface area contributed by atoms with E-state index < -0.39 is 0 Å². The first-order chi connectivity index (χ1) is 8.88. The van der Waals surface area contributed by atoms with Gasteiger partial charge in [0.15, 0.2) is 0 Å². The van der Waals surface area contributed by atoms with Gasteiger partial charge in [-0.3, -0.25) is 4.98 Å². The van der Waals surface area contributed by atoms with Crippen LogP contribution in [0.15, 0.2) is 24.5 Å². The van der Waals surface area contributed by atoms with Gasteiger partial charge in [0, 0.05) is 24.0 Å². The molecule has 0 aromatic carbocycles. The molecule has 0 unspecified atom stereocenters. The smallest absolute Gasteiger partial charge is 0.0432 e. The summed E-state index contributed by atoms with van der Waals surface area (Å²) >= 11 is 0. The number of aromatic nitrogens is 1. The van der Waals surface area contributed by atoms with Crippen LogP contribution in [-0.4, -0.2) is 17.6 Å². The molecule has 1 N–H and O–H groups in total. The number of hydrogen-bond donors (Lipinski definition) is 1. The fourth-order valence-corrected chi connectivity index (χ4v) is 3.18. The normalized spacial score (nSPS) is 26.9. The standard InChI is InChI=1S/C16H18N2/c1-2-12-9-14(11-17-10-12)15-7-3-5-13-6-4-8-18-16(13)15/h1,7,9-11,13,16,18H,3-6,8H2/t13-,16+/m1/s1. The van der Waals surface area contributed by atoms with Crippen LogP contribution in [-0.2, 0) is 0 Å². The third kappa shape index (κ3) is 2.07. The van der Waals surface area contributed by atoms with Crippen LogP contribution in [0.4, 0.5) is 0 Å². The van der Waals surface area contributed by atoms with Gasteiger partial charge in [0.25, 0.3) is 0 Å². The predicted molar refractivity (Wildman–Crippen MR) is 73.9 cm³/mol. The minimum atomic E-state index is 0.502. The first-order valence-corrected chi connectivity index (χ1v) is 6.74. The molecule has 0 radical (unpaired) electrons. The molecule has 1 saturated heterocycles. The van der Waals surface area contributed by atoms with E-state index in [4.69, 9.17) is 6.42 Å². The SMILES string of the molecule is C#Cc1cncc(C2=CCC[C@@H]3CCCN[C@H]23)c1. The first kappa shape index (κ1) is 11.5. The summed E-state index contributed by atoms with van der Waals surface area (Å²) in [7, 11) is 0. The summed E-state index contributed by atoms with van der Waals surface area (Å²) in [5, 5.41) is 3.66. The average Bonchev–Trinajstić information content (AvgIpc) is 2.47. The highest BCUT2D eigenvalue weighted by Crippen LogP contribution is 2.35. The van der Waals surface area contributed by atoms with Crippen LogP contribution in [0.3, 0.4) is 0 Å². The van der Waals surface area contributed by atoms with E-state index in [1.807, 2.05) is 6.20 Å². The summed E-state index contributed by atoms with van der Waals surface area (Å²) in [5.41, 5.74) is 3.46. The zero-order valence-electron chi connectivity index (χ0n) is 10.5. The van der Waals surface area contributed by atoms with Crippen molar-refractivity contribution in [2.75, 3.05) is 6.54 Å². The van der Waals surface area contributed by atoms with Gasteiger partial charge in [-0.25, -0.2) is 0 Å². The van der Waals surface area contributed by atoms with Gasteiger partial charge in [0.05, 0.1) is 0 Å². The quantitative estimate of drug-likeness (QED) is 0.761. The minimum Gasteiger partial charge on any atom is -0.310 e. The number of rotatable bonds is 1. The molecule has 2 aliphatic rings. The van der Waals surface area contributed by atoms with Crippen LogP contribution in [0.5, 0.6) is 0 Å². The predicted octanol–water partition coefficient (Wildman–Crippen LogP) is 2.61. The molecule has 1 fully saturated rings. The van der Waals surface area contributed by atoms with Crippen molar-refractivity contribution in [3.63, 3.8) is 0 Å². The van der Waals surface area contributed by atoms with E-state index in [1.54, 1.807) is 6.20 Å². The molecule has 18 heavy (non-hydrogen) atoms. The number of hydrogen-bond acceptors (Lipinski definition) is 2. The molecule has 2 heteroatoms. The van der Waals surface area contributed by atoms with Crippen molar-refractivity contribution in [2.24, 2.45) is 5.92 Å². The number of nitrogens with zero attached hydrogens (tertiary/aromatic N) is 1. The Hall–Kier alpha value is -1.59. The number of fused-ring (bicyclic) bond motifs is 1. The molecule has 92 valence electrons. The van der Waals surface area contributed by atoms with Crippen molar-refractivity contribution in [3.05, 3.63) is 35.7 Å². The number of terminal acetylenes is 1. The van der Waals surface area contributed by atoms with Gasteiger partial charge in [-0.05, 0) is 55.3 Å². The maximum Gasteiger partial charge on any atom is 0.0432 e. The Morgan fingerprint density at radius 2 is 2.28 bits per heavy atom. The maximum absolute atomic E-state index is 5.45. The van der Waals surface area contributed by atoms with Crippen LogP contribution in [0, 0.1) is 18.3 Å². The van der Waals surface area contributed by atoms with Gasteiger partial charge in [-0.2, -0.15) is 0 Å². The van der Waals surface area contributed by atoms with Crippen LogP contribution in [0.25, 0.3) is 5.57 Å². The molecular formula is C16H18N2. The lowest BCUT2D eigenvalue weighted by atomic mass is 9.77. The zero-order chi connectivity index (χ0) is 12.4. The van der Waals surface area contributed by atoms with Crippen LogP contribution in [0.2, 0.25) is 0 Å². The van der Waals surface area contributed by atoms with E-state index in [2.05, 4.69) is 28.4 Å². The Kier molecular flexibility index (Phi) is 3.17. The lowest BCUT2D eigenvalue weighted by Gasteiger charge is -2.37. The highest BCUT2D eigenvalue weighted by Gasteiger charge is 2.30. The van der Waals surface area contributed by atoms with Crippen molar-refractivity contribution in [1.82, 2.24) is 10.3 Å². The third-order valence-electron chi connectivity index (χ3n) is 4.06. The molecule has 1 aromatic heterocycles. The molecular weight excluding hydrogens is 220 g/mol. The second-order valence-corrected chi connectivity index (χ2v) is 5.18.